The van der Waals surface area contributed by atoms with Crippen LogP contribution >= 0.6 is 0 Å². The van der Waals surface area contributed by atoms with Gasteiger partial charge in [-0.3, -0.25) is 9.59 Å². The molecule has 1 amide bonds. The van der Waals surface area contributed by atoms with Crippen molar-refractivity contribution >= 4 is 17.7 Å². The molecule has 1 rings (SSSR count). The Morgan fingerprint density at radius 1 is 1.30 bits per heavy atom. The number of carbonyl (C=O) groups is 3. The zero-order chi connectivity index (χ0) is 15.5. The minimum absolute atomic E-state index is 0.138. The number of ether oxygens (including phenoxy) is 1. The number of esters is 1. The summed E-state index contributed by atoms with van der Waals surface area (Å²) < 4.78 is 5.16. The molecule has 110 valence electrons. The van der Waals surface area contributed by atoms with Crippen LogP contribution in [0, 0.1) is 0 Å². The average molecular weight is 280 g/mol. The number of ketones is 1. The van der Waals surface area contributed by atoms with Crippen LogP contribution in [0.1, 0.15) is 55.5 Å². The molecule has 0 aromatic carbocycles. The molecular weight excluding hydrogens is 260 g/mol. The minimum atomic E-state index is -0.772. The van der Waals surface area contributed by atoms with Crippen LogP contribution in [0.3, 0.4) is 0 Å². The molecule has 1 heterocycles. The summed E-state index contributed by atoms with van der Waals surface area (Å²) in [5, 5.41) is 2.51. The Hall–Kier alpha value is -2.11. The molecule has 0 saturated heterocycles. The Kier molecular flexibility index (Phi) is 4.70. The monoisotopic (exact) mass is 280 g/mol. The molecule has 0 aliphatic heterocycles. The van der Waals surface area contributed by atoms with Gasteiger partial charge in [-0.25, -0.2) is 4.79 Å². The Bertz CT molecular complexity index is 526. The van der Waals surface area contributed by atoms with Gasteiger partial charge in [-0.05, 0) is 40.7 Å². The van der Waals surface area contributed by atoms with Crippen molar-refractivity contribution in [3.63, 3.8) is 0 Å². The van der Waals surface area contributed by atoms with Crippen LogP contribution in [-0.2, 0) is 9.53 Å². The number of aromatic nitrogens is 1. The smallest absolute Gasteiger partial charge is 0.328 e. The van der Waals surface area contributed by atoms with Crippen LogP contribution in [0.5, 0.6) is 0 Å². The highest BCUT2D eigenvalue weighted by Crippen LogP contribution is 2.09. The van der Waals surface area contributed by atoms with Gasteiger partial charge in [0.1, 0.15) is 17.3 Å². The van der Waals surface area contributed by atoms with Crippen LogP contribution in [0.4, 0.5) is 0 Å². The number of aromatic amines is 1. The summed E-state index contributed by atoms with van der Waals surface area (Å²) in [6.45, 7) is 8.21. The summed E-state index contributed by atoms with van der Waals surface area (Å²) in [7, 11) is 0. The van der Waals surface area contributed by atoms with Gasteiger partial charge >= 0.3 is 5.97 Å². The third kappa shape index (κ3) is 4.53. The molecule has 0 aliphatic rings. The largest absolute Gasteiger partial charge is 0.458 e. The summed E-state index contributed by atoms with van der Waals surface area (Å²) in [6, 6.07) is 0.672. The number of amides is 1. The lowest BCUT2D eigenvalue weighted by Crippen LogP contribution is -2.42. The van der Waals surface area contributed by atoms with Crippen molar-refractivity contribution < 1.29 is 19.1 Å². The van der Waals surface area contributed by atoms with Crippen LogP contribution < -0.4 is 5.32 Å². The lowest BCUT2D eigenvalue weighted by molar-refractivity contribution is -0.156. The third-order valence-corrected chi connectivity index (χ3v) is 2.44. The van der Waals surface area contributed by atoms with Crippen molar-refractivity contribution in [1.29, 1.82) is 0 Å². The van der Waals surface area contributed by atoms with E-state index in [0.717, 1.165) is 0 Å². The molecule has 1 aromatic rings. The van der Waals surface area contributed by atoms with E-state index in [0.29, 0.717) is 5.56 Å². The molecule has 0 bridgehead atoms. The van der Waals surface area contributed by atoms with E-state index in [9.17, 15) is 14.4 Å². The Morgan fingerprint density at radius 3 is 2.35 bits per heavy atom. The number of Topliss-reactive ketones (excluding diaryl/α,β-unsaturated/α-hetero) is 1. The second kappa shape index (κ2) is 5.90. The summed E-state index contributed by atoms with van der Waals surface area (Å²) in [6.07, 6.45) is 1.45. The highest BCUT2D eigenvalue weighted by atomic mass is 16.6. The highest BCUT2D eigenvalue weighted by Gasteiger charge is 2.23. The van der Waals surface area contributed by atoms with Gasteiger partial charge in [0.2, 0.25) is 0 Å². The zero-order valence-corrected chi connectivity index (χ0v) is 12.4. The van der Waals surface area contributed by atoms with E-state index in [4.69, 9.17) is 4.74 Å². The first kappa shape index (κ1) is 15.9. The first-order chi connectivity index (χ1) is 9.10. The summed E-state index contributed by atoms with van der Waals surface area (Å²) >= 11 is 0. The van der Waals surface area contributed by atoms with Crippen LogP contribution in [0.15, 0.2) is 12.3 Å². The maximum Gasteiger partial charge on any atom is 0.328 e. The number of nitrogens with one attached hydrogen (secondary N) is 2. The van der Waals surface area contributed by atoms with Crippen molar-refractivity contribution in [3.8, 4) is 0 Å². The number of hydrogen-bond acceptors (Lipinski definition) is 4. The maximum atomic E-state index is 11.9. The molecule has 1 aromatic heterocycles. The number of hydrogen-bond donors (Lipinski definition) is 2. The van der Waals surface area contributed by atoms with Gasteiger partial charge in [0.15, 0.2) is 5.78 Å². The molecule has 6 heteroatoms. The zero-order valence-electron chi connectivity index (χ0n) is 12.4. The van der Waals surface area contributed by atoms with E-state index < -0.39 is 23.5 Å². The van der Waals surface area contributed by atoms with Crippen molar-refractivity contribution in [2.75, 3.05) is 0 Å². The highest BCUT2D eigenvalue weighted by molar-refractivity contribution is 6.00. The van der Waals surface area contributed by atoms with Crippen molar-refractivity contribution in [2.45, 2.75) is 46.3 Å². The van der Waals surface area contributed by atoms with Gasteiger partial charge in [0.05, 0.1) is 0 Å². The van der Waals surface area contributed by atoms with E-state index in [1.54, 1.807) is 27.7 Å². The van der Waals surface area contributed by atoms with Crippen LogP contribution in [0.2, 0.25) is 0 Å². The lowest BCUT2D eigenvalue weighted by Gasteiger charge is -2.22. The predicted octanol–water partition coefficient (Wildman–Crippen LogP) is 1.68. The number of carbonyl (C=O) groups excluding carboxylic acids is 3. The van der Waals surface area contributed by atoms with Gasteiger partial charge in [0, 0.05) is 11.8 Å². The van der Waals surface area contributed by atoms with Gasteiger partial charge in [0.25, 0.3) is 5.91 Å². The molecule has 2 N–H and O–H groups in total. The molecule has 0 saturated carbocycles. The van der Waals surface area contributed by atoms with E-state index in [2.05, 4.69) is 10.3 Å². The molecule has 1 atom stereocenters. The molecule has 0 fully saturated rings. The second-order valence-corrected chi connectivity index (χ2v) is 5.59. The molecule has 0 radical (unpaired) electrons. The summed E-state index contributed by atoms with van der Waals surface area (Å²) in [4.78, 5) is 37.5. The maximum absolute atomic E-state index is 11.9. The quantitative estimate of drug-likeness (QED) is 0.648. The van der Waals surface area contributed by atoms with Gasteiger partial charge in [-0.1, -0.05) is 0 Å². The lowest BCUT2D eigenvalue weighted by atomic mass is 10.2. The topological polar surface area (TPSA) is 88.3 Å². The Balaban J connectivity index is 2.65. The minimum Gasteiger partial charge on any atom is -0.458 e. The number of rotatable bonds is 4. The van der Waals surface area contributed by atoms with E-state index in [1.807, 2.05) is 0 Å². The first-order valence-corrected chi connectivity index (χ1v) is 6.33. The SMILES string of the molecule is CC(=O)c1c[nH]c(C(=O)N[C@@H](C)C(=O)OC(C)(C)C)c1. The molecular formula is C14H20N2O4. The van der Waals surface area contributed by atoms with E-state index >= 15 is 0 Å². The van der Waals surface area contributed by atoms with Gasteiger partial charge < -0.3 is 15.0 Å². The predicted molar refractivity (Wildman–Crippen MR) is 73.6 cm³/mol. The molecule has 6 nitrogen and oxygen atoms in total. The standard InChI is InChI=1S/C14H20N2O4/c1-8(13(19)20-14(3,4)5)16-12(18)11-6-10(7-15-11)9(2)17/h6-8,15H,1-5H3,(H,16,18)/t8-/m0/s1. The normalized spacial score (nSPS) is 12.7. The average Bonchev–Trinajstić information content (AvgIpc) is 2.75. The van der Waals surface area contributed by atoms with Crippen molar-refractivity contribution in [2.24, 2.45) is 0 Å². The summed E-state index contributed by atoms with van der Waals surface area (Å²) in [5.74, 6) is -1.11. The van der Waals surface area contributed by atoms with E-state index in [-0.39, 0.29) is 11.5 Å². The van der Waals surface area contributed by atoms with Crippen molar-refractivity contribution in [3.05, 3.63) is 23.5 Å². The molecule has 0 unspecified atom stereocenters. The van der Waals surface area contributed by atoms with E-state index in [1.165, 1.54) is 19.2 Å². The summed E-state index contributed by atoms with van der Waals surface area (Å²) in [5.41, 5.74) is 0.0373. The third-order valence-electron chi connectivity index (χ3n) is 2.44. The number of H-pyrrole nitrogens is 1. The van der Waals surface area contributed by atoms with Gasteiger partial charge in [-0.2, -0.15) is 0 Å². The first-order valence-electron chi connectivity index (χ1n) is 6.33. The molecule has 0 aliphatic carbocycles. The van der Waals surface area contributed by atoms with Crippen molar-refractivity contribution in [1.82, 2.24) is 10.3 Å². The van der Waals surface area contributed by atoms with Crippen LogP contribution in [0.25, 0.3) is 0 Å². The fraction of sp³-hybridized carbons (Fsp3) is 0.500. The van der Waals surface area contributed by atoms with Crippen LogP contribution in [-0.4, -0.2) is 34.3 Å². The second-order valence-electron chi connectivity index (χ2n) is 5.59. The Labute approximate surface area is 117 Å². The van der Waals surface area contributed by atoms with Gasteiger partial charge in [-0.15, -0.1) is 0 Å². The molecule has 20 heavy (non-hydrogen) atoms. The fourth-order valence-electron chi connectivity index (χ4n) is 1.45. The molecule has 0 spiro atoms. The Morgan fingerprint density at radius 2 is 1.90 bits per heavy atom. The fourth-order valence-corrected chi connectivity index (χ4v) is 1.45.